The minimum Gasteiger partial charge on any atom is -0.479 e. The third-order valence-electron chi connectivity index (χ3n) is 5.53. The summed E-state index contributed by atoms with van der Waals surface area (Å²) in [6.07, 6.45) is 6.29. The molecular weight excluding hydrogens is 374 g/mol. The lowest BCUT2D eigenvalue weighted by Gasteiger charge is -2.15. The van der Waals surface area contributed by atoms with Crippen molar-refractivity contribution >= 4 is 16.7 Å². The smallest absolute Gasteiger partial charge is 0.344 e. The topological polar surface area (TPSA) is 72.5 Å². The van der Waals surface area contributed by atoms with Crippen molar-refractivity contribution in [1.82, 2.24) is 0 Å². The van der Waals surface area contributed by atoms with Crippen LogP contribution in [0.5, 0.6) is 5.75 Å². The number of aliphatic carboxylic acids is 1. The molecule has 1 aliphatic rings. The van der Waals surface area contributed by atoms with E-state index in [9.17, 15) is 4.79 Å². The number of carboxylic acids is 1. The first-order valence-electron chi connectivity index (χ1n) is 10.8. The monoisotopic (exact) mass is 405 g/mol. The van der Waals surface area contributed by atoms with Crippen molar-refractivity contribution in [2.24, 2.45) is 5.73 Å². The number of carboxylic acid groups (broad SMARTS) is 1. The lowest BCUT2D eigenvalue weighted by Crippen LogP contribution is -2.25. The van der Waals surface area contributed by atoms with Gasteiger partial charge in [0.05, 0.1) is 0 Å². The Morgan fingerprint density at radius 2 is 1.67 bits per heavy atom. The van der Waals surface area contributed by atoms with Crippen LogP contribution in [0.3, 0.4) is 0 Å². The number of hydrogen-bond donors (Lipinski definition) is 2. The van der Waals surface area contributed by atoms with E-state index in [1.165, 1.54) is 42.9 Å². The number of fused-ring (bicyclic) bond motifs is 1. The lowest BCUT2D eigenvalue weighted by atomic mass is 9.97. The molecule has 0 spiro atoms. The molecule has 0 bridgehead atoms. The predicted octanol–water partition coefficient (Wildman–Crippen LogP) is 6.03. The largest absolute Gasteiger partial charge is 0.479 e. The normalized spacial score (nSPS) is 15.1. The highest BCUT2D eigenvalue weighted by molar-refractivity contribution is 5.96. The van der Waals surface area contributed by atoms with Crippen LogP contribution in [-0.2, 0) is 4.79 Å². The Morgan fingerprint density at radius 3 is 2.27 bits per heavy atom. The van der Waals surface area contributed by atoms with Crippen LogP contribution < -0.4 is 10.5 Å². The highest BCUT2D eigenvalue weighted by atomic mass is 16.5. The second kappa shape index (κ2) is 10.8. The number of hydrogen-bond acceptors (Lipinski definition) is 3. The Morgan fingerprint density at radius 1 is 1.00 bits per heavy atom. The van der Waals surface area contributed by atoms with Gasteiger partial charge in [0.2, 0.25) is 0 Å². The summed E-state index contributed by atoms with van der Waals surface area (Å²) >= 11 is 0. The van der Waals surface area contributed by atoms with E-state index < -0.39 is 12.1 Å². The number of benzene rings is 3. The maximum absolute atomic E-state index is 11.0. The summed E-state index contributed by atoms with van der Waals surface area (Å²) < 4.78 is 5.50. The van der Waals surface area contributed by atoms with Crippen molar-refractivity contribution in [2.45, 2.75) is 57.6 Å². The highest BCUT2D eigenvalue weighted by Crippen LogP contribution is 2.30. The molecule has 0 heterocycles. The van der Waals surface area contributed by atoms with Gasteiger partial charge in [0, 0.05) is 6.04 Å². The van der Waals surface area contributed by atoms with Crippen LogP contribution in [-0.4, -0.2) is 23.2 Å². The molecular formula is C26H31NO3. The first kappa shape index (κ1) is 21.8. The van der Waals surface area contributed by atoms with Gasteiger partial charge in [-0.3, -0.25) is 0 Å². The van der Waals surface area contributed by atoms with Gasteiger partial charge in [-0.1, -0.05) is 80.8 Å². The van der Waals surface area contributed by atoms with Crippen molar-refractivity contribution in [3.8, 4) is 16.9 Å². The second-order valence-corrected chi connectivity index (χ2v) is 7.80. The minimum absolute atomic E-state index is 0.431. The number of carbonyl (C=O) groups is 1. The molecule has 1 atom stereocenters. The summed E-state index contributed by atoms with van der Waals surface area (Å²) in [7, 11) is 0. The fourth-order valence-electron chi connectivity index (χ4n) is 3.80. The molecule has 158 valence electrons. The van der Waals surface area contributed by atoms with E-state index in [4.69, 9.17) is 15.6 Å². The summed E-state index contributed by atoms with van der Waals surface area (Å²) in [6.45, 7) is 1.79. The Hall–Kier alpha value is -2.85. The fraction of sp³-hybridized carbons (Fsp3) is 0.346. The van der Waals surface area contributed by atoms with Gasteiger partial charge in [-0.25, -0.2) is 4.79 Å². The molecule has 1 aliphatic carbocycles. The zero-order chi connectivity index (χ0) is 21.3. The van der Waals surface area contributed by atoms with Crippen LogP contribution in [0, 0.1) is 0 Å². The van der Waals surface area contributed by atoms with Crippen LogP contribution in [0.2, 0.25) is 0 Å². The molecule has 1 saturated carbocycles. The van der Waals surface area contributed by atoms with Gasteiger partial charge < -0.3 is 15.6 Å². The standard InChI is InChI=1S/C20H18O3.C6H13N/c1-2-19(20(21)22)23-16-12-10-15(11-13-16)18-9-5-7-14-6-3-4-8-17(14)18;7-6-4-2-1-3-5-6/h3-13,19H,2H2,1H3,(H,21,22);6H,1-5,7H2/t19-;/m1./s1. The maximum Gasteiger partial charge on any atom is 0.344 e. The third-order valence-corrected chi connectivity index (χ3v) is 5.53. The third kappa shape index (κ3) is 5.83. The minimum atomic E-state index is -0.939. The molecule has 0 aliphatic heterocycles. The molecule has 3 N–H and O–H groups in total. The summed E-state index contributed by atoms with van der Waals surface area (Å²) in [4.78, 5) is 11.0. The van der Waals surface area contributed by atoms with E-state index in [0.29, 0.717) is 18.2 Å². The average Bonchev–Trinajstić information content (AvgIpc) is 2.78. The van der Waals surface area contributed by atoms with E-state index in [1.54, 1.807) is 6.92 Å². The molecule has 0 amide bonds. The van der Waals surface area contributed by atoms with Crippen molar-refractivity contribution in [2.75, 3.05) is 0 Å². The van der Waals surface area contributed by atoms with Gasteiger partial charge >= 0.3 is 5.97 Å². The highest BCUT2D eigenvalue weighted by Gasteiger charge is 2.16. The summed E-state index contributed by atoms with van der Waals surface area (Å²) in [6, 6.07) is 22.6. The number of ether oxygens (including phenoxy) is 1. The molecule has 1 fully saturated rings. The Balaban J connectivity index is 0.000000310. The maximum atomic E-state index is 11.0. The summed E-state index contributed by atoms with van der Waals surface area (Å²) in [5.74, 6) is -0.367. The van der Waals surface area contributed by atoms with E-state index in [-0.39, 0.29) is 0 Å². The molecule has 0 aromatic heterocycles. The van der Waals surface area contributed by atoms with Gasteiger partial charge in [-0.15, -0.1) is 0 Å². The van der Waals surface area contributed by atoms with Crippen molar-refractivity contribution in [1.29, 1.82) is 0 Å². The first-order chi connectivity index (χ1) is 14.6. The van der Waals surface area contributed by atoms with Gasteiger partial charge in [0.25, 0.3) is 0 Å². The Bertz CT molecular complexity index is 941. The van der Waals surface area contributed by atoms with Gasteiger partial charge in [-0.05, 0) is 53.3 Å². The average molecular weight is 406 g/mol. The van der Waals surface area contributed by atoms with Crippen LogP contribution in [0.4, 0.5) is 0 Å². The first-order valence-corrected chi connectivity index (χ1v) is 10.8. The van der Waals surface area contributed by atoms with Crippen LogP contribution in [0.25, 0.3) is 21.9 Å². The van der Waals surface area contributed by atoms with E-state index >= 15 is 0 Å². The zero-order valence-electron chi connectivity index (χ0n) is 17.6. The zero-order valence-corrected chi connectivity index (χ0v) is 17.6. The second-order valence-electron chi connectivity index (χ2n) is 7.80. The van der Waals surface area contributed by atoms with E-state index in [2.05, 4.69) is 24.3 Å². The van der Waals surface area contributed by atoms with Crippen molar-refractivity contribution in [3.05, 3.63) is 66.7 Å². The van der Waals surface area contributed by atoms with E-state index in [1.807, 2.05) is 42.5 Å². The molecule has 4 rings (SSSR count). The SMILES string of the molecule is CC[C@@H](Oc1ccc(-c2cccc3ccccc23)cc1)C(=O)O.NC1CCCCC1. The number of rotatable bonds is 5. The van der Waals surface area contributed by atoms with Gasteiger partial charge in [-0.2, -0.15) is 0 Å². The molecule has 0 radical (unpaired) electrons. The van der Waals surface area contributed by atoms with Crippen molar-refractivity contribution < 1.29 is 14.6 Å². The number of nitrogens with two attached hydrogens (primary N) is 1. The van der Waals surface area contributed by atoms with E-state index in [0.717, 1.165) is 11.1 Å². The molecule has 0 unspecified atom stereocenters. The summed E-state index contributed by atoms with van der Waals surface area (Å²) in [5, 5.41) is 11.5. The lowest BCUT2D eigenvalue weighted by molar-refractivity contribution is -0.145. The molecule has 30 heavy (non-hydrogen) atoms. The fourth-order valence-corrected chi connectivity index (χ4v) is 3.80. The Kier molecular flexibility index (Phi) is 7.86. The molecule has 4 heteroatoms. The summed E-state index contributed by atoms with van der Waals surface area (Å²) in [5.41, 5.74) is 7.87. The molecule has 0 saturated heterocycles. The molecule has 3 aromatic rings. The van der Waals surface area contributed by atoms with Crippen LogP contribution >= 0.6 is 0 Å². The van der Waals surface area contributed by atoms with Crippen LogP contribution in [0.1, 0.15) is 45.4 Å². The van der Waals surface area contributed by atoms with Gasteiger partial charge in [0.1, 0.15) is 5.75 Å². The predicted molar refractivity (Wildman–Crippen MR) is 123 cm³/mol. The molecule has 4 nitrogen and oxygen atoms in total. The quantitative estimate of drug-likeness (QED) is 0.544. The van der Waals surface area contributed by atoms with Crippen LogP contribution in [0.15, 0.2) is 66.7 Å². The van der Waals surface area contributed by atoms with Crippen molar-refractivity contribution in [3.63, 3.8) is 0 Å². The van der Waals surface area contributed by atoms with Gasteiger partial charge in [0.15, 0.2) is 6.10 Å². The Labute approximate surface area is 178 Å². The molecule has 3 aromatic carbocycles.